The van der Waals surface area contributed by atoms with E-state index >= 15 is 0 Å². The van der Waals surface area contributed by atoms with Crippen molar-refractivity contribution in [2.75, 3.05) is 6.61 Å². The van der Waals surface area contributed by atoms with Crippen LogP contribution in [0.2, 0.25) is 0 Å². The van der Waals surface area contributed by atoms with Crippen LogP contribution in [0.5, 0.6) is 5.75 Å². The molecule has 0 heterocycles. The van der Waals surface area contributed by atoms with Crippen LogP contribution in [0.3, 0.4) is 0 Å². The Morgan fingerprint density at radius 3 is 2.44 bits per heavy atom. The second-order valence-corrected chi connectivity index (χ2v) is 4.61. The quantitative estimate of drug-likeness (QED) is 0.574. The maximum atomic E-state index is 11.6. The molecule has 0 bridgehead atoms. The molecule has 18 heavy (non-hydrogen) atoms. The number of hydrogen-bond acceptors (Lipinski definition) is 2. The Labute approximate surface area is 110 Å². The smallest absolute Gasteiger partial charge is 0.136 e. The number of ether oxygens (including phenoxy) is 1. The topological polar surface area (TPSA) is 26.3 Å². The Morgan fingerprint density at radius 2 is 1.72 bits per heavy atom. The molecule has 2 heteroatoms. The summed E-state index contributed by atoms with van der Waals surface area (Å²) in [7, 11) is 0. The molecule has 0 saturated heterocycles. The van der Waals surface area contributed by atoms with Crippen LogP contribution < -0.4 is 4.74 Å². The Hall–Kier alpha value is -1.31. The molecule has 2 nitrogen and oxygen atoms in total. The predicted octanol–water partition coefficient (Wildman–Crippen LogP) is 4.39. The van der Waals surface area contributed by atoms with Crippen molar-refractivity contribution in [2.24, 2.45) is 0 Å². The van der Waals surface area contributed by atoms with Gasteiger partial charge in [-0.15, -0.1) is 0 Å². The predicted molar refractivity (Wildman–Crippen MR) is 74.9 cm³/mol. The highest BCUT2D eigenvalue weighted by Gasteiger charge is 2.02. The first-order valence-electron chi connectivity index (χ1n) is 7.02. The fourth-order valence-corrected chi connectivity index (χ4v) is 1.85. The van der Waals surface area contributed by atoms with Gasteiger partial charge < -0.3 is 4.74 Å². The molecule has 0 atom stereocenters. The largest absolute Gasteiger partial charge is 0.493 e. The minimum Gasteiger partial charge on any atom is -0.493 e. The summed E-state index contributed by atoms with van der Waals surface area (Å²) in [6, 6.07) is 9.65. The summed E-state index contributed by atoms with van der Waals surface area (Å²) in [6.07, 6.45) is 7.24. The van der Waals surface area contributed by atoms with E-state index in [1.807, 2.05) is 30.3 Å². The fraction of sp³-hybridized carbons (Fsp3) is 0.562. The molecule has 0 aliphatic heterocycles. The molecule has 0 spiro atoms. The number of carbonyl (C=O) groups excluding carboxylic acids is 1. The molecule has 0 N–H and O–H groups in total. The molecule has 0 saturated carbocycles. The van der Waals surface area contributed by atoms with Crippen LogP contribution in [0, 0.1) is 0 Å². The molecular formula is C16H24O2. The lowest BCUT2D eigenvalue weighted by Crippen LogP contribution is -2.06. The van der Waals surface area contributed by atoms with Gasteiger partial charge in [0.15, 0.2) is 0 Å². The summed E-state index contributed by atoms with van der Waals surface area (Å²) in [6.45, 7) is 2.70. The third kappa shape index (κ3) is 7.10. The Bertz CT molecular complexity index is 319. The zero-order valence-electron chi connectivity index (χ0n) is 11.4. The fourth-order valence-electron chi connectivity index (χ4n) is 1.85. The van der Waals surface area contributed by atoms with Gasteiger partial charge in [0.05, 0.1) is 6.61 Å². The van der Waals surface area contributed by atoms with Crippen LogP contribution in [0.1, 0.15) is 51.9 Å². The lowest BCUT2D eigenvalue weighted by atomic mass is 10.1. The SMILES string of the molecule is CCCCCCCC(=O)CCOc1ccccc1. The molecule has 100 valence electrons. The third-order valence-electron chi connectivity index (χ3n) is 2.95. The summed E-state index contributed by atoms with van der Waals surface area (Å²) in [5.74, 6) is 1.16. The minimum atomic E-state index is 0.322. The van der Waals surface area contributed by atoms with E-state index in [0.717, 1.165) is 12.2 Å². The van der Waals surface area contributed by atoms with Gasteiger partial charge >= 0.3 is 0 Å². The average molecular weight is 248 g/mol. The van der Waals surface area contributed by atoms with Crippen LogP contribution in [-0.4, -0.2) is 12.4 Å². The van der Waals surface area contributed by atoms with Crippen molar-refractivity contribution < 1.29 is 9.53 Å². The number of para-hydroxylation sites is 1. The van der Waals surface area contributed by atoms with Crippen LogP contribution in [0.25, 0.3) is 0 Å². The lowest BCUT2D eigenvalue weighted by molar-refractivity contribution is -0.119. The third-order valence-corrected chi connectivity index (χ3v) is 2.95. The van der Waals surface area contributed by atoms with Crippen molar-refractivity contribution in [1.29, 1.82) is 0 Å². The first kappa shape index (κ1) is 14.7. The molecule has 0 radical (unpaired) electrons. The number of benzene rings is 1. The van der Waals surface area contributed by atoms with Gasteiger partial charge in [0.1, 0.15) is 11.5 Å². The van der Waals surface area contributed by atoms with Gasteiger partial charge in [-0.25, -0.2) is 0 Å². The van der Waals surface area contributed by atoms with E-state index in [1.165, 1.54) is 25.7 Å². The summed E-state index contributed by atoms with van der Waals surface area (Å²) in [5, 5.41) is 0. The standard InChI is InChI=1S/C16H24O2/c1-2-3-4-5-7-10-15(17)13-14-18-16-11-8-6-9-12-16/h6,8-9,11-12H,2-5,7,10,13-14H2,1H3. The summed E-state index contributed by atoms with van der Waals surface area (Å²) in [4.78, 5) is 11.6. The number of ketones is 1. The van der Waals surface area contributed by atoms with Crippen molar-refractivity contribution in [1.82, 2.24) is 0 Å². The Kier molecular flexibility index (Phi) is 7.94. The Balaban J connectivity index is 2.00. The molecule has 0 aliphatic rings. The van der Waals surface area contributed by atoms with Gasteiger partial charge in [-0.3, -0.25) is 4.79 Å². The van der Waals surface area contributed by atoms with E-state index in [0.29, 0.717) is 25.2 Å². The highest BCUT2D eigenvalue weighted by Crippen LogP contribution is 2.10. The summed E-state index contributed by atoms with van der Waals surface area (Å²) >= 11 is 0. The molecular weight excluding hydrogens is 224 g/mol. The number of carbonyl (C=O) groups is 1. The maximum absolute atomic E-state index is 11.6. The Morgan fingerprint density at radius 1 is 1.00 bits per heavy atom. The van der Waals surface area contributed by atoms with Gasteiger partial charge in [0, 0.05) is 12.8 Å². The van der Waals surface area contributed by atoms with Gasteiger partial charge in [-0.1, -0.05) is 50.8 Å². The van der Waals surface area contributed by atoms with E-state index in [4.69, 9.17) is 4.74 Å². The van der Waals surface area contributed by atoms with Crippen molar-refractivity contribution >= 4 is 5.78 Å². The average Bonchev–Trinajstić information content (AvgIpc) is 2.40. The number of unbranched alkanes of at least 4 members (excludes halogenated alkanes) is 4. The van der Waals surface area contributed by atoms with E-state index in [-0.39, 0.29) is 0 Å². The van der Waals surface area contributed by atoms with Crippen LogP contribution in [0.4, 0.5) is 0 Å². The van der Waals surface area contributed by atoms with E-state index in [1.54, 1.807) is 0 Å². The first-order valence-corrected chi connectivity index (χ1v) is 7.02. The monoisotopic (exact) mass is 248 g/mol. The van der Waals surface area contributed by atoms with Gasteiger partial charge in [0.25, 0.3) is 0 Å². The van der Waals surface area contributed by atoms with Crippen LogP contribution in [0.15, 0.2) is 30.3 Å². The number of rotatable bonds is 10. The molecule has 1 aromatic rings. The number of Topliss-reactive ketones (excluding diaryl/α,β-unsaturated/α-hetero) is 1. The van der Waals surface area contributed by atoms with Crippen molar-refractivity contribution in [2.45, 2.75) is 51.9 Å². The second-order valence-electron chi connectivity index (χ2n) is 4.61. The molecule has 0 aliphatic carbocycles. The second kappa shape index (κ2) is 9.69. The van der Waals surface area contributed by atoms with E-state index < -0.39 is 0 Å². The van der Waals surface area contributed by atoms with E-state index in [9.17, 15) is 4.79 Å². The minimum absolute atomic E-state index is 0.322. The lowest BCUT2D eigenvalue weighted by Gasteiger charge is -2.05. The van der Waals surface area contributed by atoms with Gasteiger partial charge in [-0.2, -0.15) is 0 Å². The molecule has 1 rings (SSSR count). The van der Waals surface area contributed by atoms with E-state index in [2.05, 4.69) is 6.92 Å². The normalized spacial score (nSPS) is 10.3. The zero-order valence-corrected chi connectivity index (χ0v) is 11.4. The molecule has 0 fully saturated rings. The maximum Gasteiger partial charge on any atom is 0.136 e. The number of hydrogen-bond donors (Lipinski definition) is 0. The van der Waals surface area contributed by atoms with Crippen molar-refractivity contribution in [3.05, 3.63) is 30.3 Å². The molecule has 0 unspecified atom stereocenters. The zero-order chi connectivity index (χ0) is 13.1. The van der Waals surface area contributed by atoms with Gasteiger partial charge in [-0.05, 0) is 18.6 Å². The van der Waals surface area contributed by atoms with Crippen LogP contribution >= 0.6 is 0 Å². The highest BCUT2D eigenvalue weighted by atomic mass is 16.5. The molecule has 0 aromatic heterocycles. The summed E-state index contributed by atoms with van der Waals surface area (Å²) < 4.78 is 5.50. The summed E-state index contributed by atoms with van der Waals surface area (Å²) in [5.41, 5.74) is 0. The van der Waals surface area contributed by atoms with Crippen molar-refractivity contribution in [3.8, 4) is 5.75 Å². The molecule has 1 aromatic carbocycles. The first-order chi connectivity index (χ1) is 8.83. The van der Waals surface area contributed by atoms with Crippen molar-refractivity contribution in [3.63, 3.8) is 0 Å². The molecule has 0 amide bonds. The van der Waals surface area contributed by atoms with Crippen LogP contribution in [-0.2, 0) is 4.79 Å². The van der Waals surface area contributed by atoms with Gasteiger partial charge in [0.2, 0.25) is 0 Å². The highest BCUT2D eigenvalue weighted by molar-refractivity contribution is 5.78.